The first-order valence-corrected chi connectivity index (χ1v) is 27.2. The van der Waals surface area contributed by atoms with Crippen LogP contribution in [0.4, 0.5) is 0 Å². The molecule has 4 fully saturated rings. The van der Waals surface area contributed by atoms with Gasteiger partial charge in [-0.3, -0.25) is 14.4 Å². The van der Waals surface area contributed by atoms with Crippen molar-refractivity contribution >= 4 is 17.5 Å². The second kappa shape index (κ2) is 28.0. The molecule has 0 aromatic carbocycles. The van der Waals surface area contributed by atoms with Gasteiger partial charge in [-0.2, -0.15) is 0 Å². The third-order valence-electron chi connectivity index (χ3n) is 16.3. The third kappa shape index (κ3) is 14.3. The Bertz CT molecular complexity index is 1520. The van der Waals surface area contributed by atoms with Crippen molar-refractivity contribution in [1.29, 1.82) is 0 Å². The normalized spacial score (nSPS) is 30.1. The summed E-state index contributed by atoms with van der Waals surface area (Å²) in [4.78, 5) is 42.6. The summed E-state index contributed by atoms with van der Waals surface area (Å²) in [5.74, 6) is -0.491. The van der Waals surface area contributed by atoms with E-state index in [1.54, 1.807) is 12.2 Å². The number of Topliss-reactive ketones (excluding diaryl/α,β-unsaturated/α-hetero) is 1. The molecule has 9 atom stereocenters. The molecule has 0 aromatic rings. The Kier molecular flexibility index (Phi) is 23.3. The van der Waals surface area contributed by atoms with E-state index in [2.05, 4.69) is 39.5 Å². The van der Waals surface area contributed by atoms with Crippen LogP contribution in [-0.4, -0.2) is 109 Å². The number of hydrogen-bond acceptors (Lipinski definition) is 11. The van der Waals surface area contributed by atoms with Crippen LogP contribution in [0.3, 0.4) is 0 Å². The molecule has 11 nitrogen and oxygen atoms in total. The van der Waals surface area contributed by atoms with Crippen molar-refractivity contribution in [3.8, 4) is 0 Å². The monoisotopic (exact) mass is 928 g/mol. The first-order chi connectivity index (χ1) is 32.0. The number of unbranched alkanes of at least 4 members (excludes halogenated alkanes) is 13. The lowest BCUT2D eigenvalue weighted by Gasteiger charge is -2.59. The lowest BCUT2D eigenvalue weighted by atomic mass is 9.46. The van der Waals surface area contributed by atoms with Crippen LogP contribution in [0.25, 0.3) is 0 Å². The van der Waals surface area contributed by atoms with Crippen LogP contribution < -0.4 is 0 Å². The van der Waals surface area contributed by atoms with Gasteiger partial charge in [0.15, 0.2) is 30.6 Å². The highest BCUT2D eigenvalue weighted by Crippen LogP contribution is 2.69. The first kappa shape index (κ1) is 54.9. The predicted molar refractivity (Wildman–Crippen MR) is 260 cm³/mol. The molecule has 4 aliphatic carbocycles. The molecule has 0 bridgehead atoms. The molecule has 0 amide bonds. The molecule has 0 aromatic heterocycles. The maximum Gasteiger partial charge on any atom is 0.306 e. The zero-order valence-electron chi connectivity index (χ0n) is 42.2. The van der Waals surface area contributed by atoms with Gasteiger partial charge in [0.25, 0.3) is 0 Å². The van der Waals surface area contributed by atoms with Crippen LogP contribution in [0.15, 0.2) is 23.8 Å². The molecule has 0 spiro atoms. The van der Waals surface area contributed by atoms with Crippen LogP contribution in [0.5, 0.6) is 0 Å². The smallest absolute Gasteiger partial charge is 0.306 e. The van der Waals surface area contributed by atoms with Crippen molar-refractivity contribution in [3.63, 3.8) is 0 Å². The van der Waals surface area contributed by atoms with Crippen LogP contribution in [-0.2, 0) is 38.1 Å². The Hall–Kier alpha value is -1.99. The van der Waals surface area contributed by atoms with Crippen LogP contribution in [0.2, 0.25) is 0 Å². The highest BCUT2D eigenvalue weighted by molar-refractivity contribution is 6.01. The molecular weight excluding hydrogens is 835 g/mol. The second-order valence-corrected chi connectivity index (χ2v) is 21.2. The SMILES string of the molecule is CCCCCCOC(CCCCCCCN(CCCCO)CCCCCC(=O)OCC(=O)C12OC(CCC)OC1CC1C3CCC4=CC(=O)C=CC4(C)C3C(O)CC12C)OCCCCCC. The molecule has 3 saturated carbocycles. The van der Waals surface area contributed by atoms with Gasteiger partial charge in [-0.15, -0.1) is 0 Å². The largest absolute Gasteiger partial charge is 0.458 e. The average Bonchev–Trinajstić information content (AvgIpc) is 3.78. The van der Waals surface area contributed by atoms with E-state index in [0.717, 1.165) is 115 Å². The Morgan fingerprint density at radius 1 is 0.833 bits per heavy atom. The molecule has 11 heteroatoms. The van der Waals surface area contributed by atoms with Gasteiger partial charge in [-0.1, -0.05) is 117 Å². The summed E-state index contributed by atoms with van der Waals surface area (Å²) in [5, 5.41) is 21.5. The van der Waals surface area contributed by atoms with Crippen molar-refractivity contribution in [2.24, 2.45) is 28.6 Å². The summed E-state index contributed by atoms with van der Waals surface area (Å²) >= 11 is 0. The predicted octanol–water partition coefficient (Wildman–Crippen LogP) is 10.8. The number of carbonyl (C=O) groups is 3. The highest BCUT2D eigenvalue weighted by Gasteiger charge is 2.76. The highest BCUT2D eigenvalue weighted by atomic mass is 16.7. The van der Waals surface area contributed by atoms with Crippen molar-refractivity contribution in [2.75, 3.05) is 46.1 Å². The average molecular weight is 928 g/mol. The minimum Gasteiger partial charge on any atom is -0.458 e. The number of hydrogen-bond donors (Lipinski definition) is 2. The van der Waals surface area contributed by atoms with Gasteiger partial charge in [0.05, 0.1) is 12.2 Å². The fraction of sp³-hybridized carbons (Fsp3) is 0.873. The number of ketones is 2. The van der Waals surface area contributed by atoms with Crippen molar-refractivity contribution in [1.82, 2.24) is 4.90 Å². The number of nitrogens with zero attached hydrogens (tertiary/aromatic N) is 1. The van der Waals surface area contributed by atoms with Crippen LogP contribution >= 0.6 is 0 Å². The van der Waals surface area contributed by atoms with Gasteiger partial charge in [0.2, 0.25) is 5.78 Å². The van der Waals surface area contributed by atoms with E-state index >= 15 is 0 Å². The second-order valence-electron chi connectivity index (χ2n) is 21.2. The standard InChI is InChI=1S/C55H93NO10/c1-6-9-11-23-36-62-50(63-37-24-12-10-7-2)27-18-14-13-15-19-32-56(34-21-22-35-57)33-20-16-17-26-49(61)64-41-47(60)55-48(65-51(66-55)25-8-3)39-45-44-29-28-42-38-43(58)30-31-53(42,4)52(44)46(59)40-54(45,55)5/h30-31,38,44-46,48,50-52,57,59H,6-29,32-37,39-41H2,1-5H3. The van der Waals surface area contributed by atoms with Crippen LogP contribution in [0, 0.1) is 28.6 Å². The van der Waals surface area contributed by atoms with E-state index in [1.807, 2.05) is 6.08 Å². The topological polar surface area (TPSA) is 141 Å². The fourth-order valence-electron chi connectivity index (χ4n) is 12.8. The summed E-state index contributed by atoms with van der Waals surface area (Å²) in [6.45, 7) is 15.2. The molecule has 5 aliphatic rings. The zero-order valence-corrected chi connectivity index (χ0v) is 42.2. The zero-order chi connectivity index (χ0) is 47.4. The van der Waals surface area contributed by atoms with Crippen molar-refractivity contribution in [3.05, 3.63) is 23.8 Å². The maximum absolute atomic E-state index is 14.6. The molecule has 1 heterocycles. The number of aliphatic hydroxyl groups excluding tert-OH is 2. The minimum absolute atomic E-state index is 0.00674. The minimum atomic E-state index is -1.30. The number of rotatable bonds is 35. The summed E-state index contributed by atoms with van der Waals surface area (Å²) in [5.41, 5.74) is -1.32. The van der Waals surface area contributed by atoms with E-state index in [4.69, 9.17) is 23.7 Å². The molecule has 5 rings (SSSR count). The van der Waals surface area contributed by atoms with Gasteiger partial charge in [-0.25, -0.2) is 0 Å². The van der Waals surface area contributed by atoms with Crippen molar-refractivity contribution < 1.29 is 48.3 Å². The number of fused-ring (bicyclic) bond motifs is 7. The summed E-state index contributed by atoms with van der Waals surface area (Å²) in [6, 6.07) is 0. The number of allylic oxidation sites excluding steroid dienone is 4. The lowest BCUT2D eigenvalue weighted by Crippen LogP contribution is -2.63. The van der Waals surface area contributed by atoms with Gasteiger partial charge in [-0.05, 0) is 134 Å². The number of aliphatic hydroxyl groups is 2. The van der Waals surface area contributed by atoms with Gasteiger partial charge >= 0.3 is 5.97 Å². The van der Waals surface area contributed by atoms with Gasteiger partial charge < -0.3 is 38.8 Å². The van der Waals surface area contributed by atoms with E-state index in [0.29, 0.717) is 25.7 Å². The molecule has 1 aliphatic heterocycles. The molecule has 2 N–H and O–H groups in total. The van der Waals surface area contributed by atoms with Crippen molar-refractivity contribution in [2.45, 2.75) is 232 Å². The number of esters is 1. The molecule has 66 heavy (non-hydrogen) atoms. The van der Waals surface area contributed by atoms with Gasteiger partial charge in [0.1, 0.15) is 0 Å². The van der Waals surface area contributed by atoms with E-state index < -0.39 is 34.9 Å². The van der Waals surface area contributed by atoms with Gasteiger partial charge in [0, 0.05) is 43.0 Å². The Balaban J connectivity index is 1.03. The quantitative estimate of drug-likeness (QED) is 0.0356. The van der Waals surface area contributed by atoms with E-state index in [9.17, 15) is 24.6 Å². The molecule has 0 radical (unpaired) electrons. The fourth-order valence-corrected chi connectivity index (χ4v) is 12.8. The molecular formula is C55H93NO10. The lowest BCUT2D eigenvalue weighted by molar-refractivity contribution is -0.201. The first-order valence-electron chi connectivity index (χ1n) is 27.2. The van der Waals surface area contributed by atoms with E-state index in [1.165, 1.54) is 57.8 Å². The summed E-state index contributed by atoms with van der Waals surface area (Å²) < 4.78 is 31.4. The Labute approximate surface area is 399 Å². The van der Waals surface area contributed by atoms with Crippen LogP contribution in [0.1, 0.15) is 202 Å². The number of ether oxygens (including phenoxy) is 5. The Morgan fingerprint density at radius 3 is 2.14 bits per heavy atom. The molecule has 378 valence electrons. The molecule has 9 unspecified atom stereocenters. The maximum atomic E-state index is 14.6. The molecule has 1 saturated heterocycles. The summed E-state index contributed by atoms with van der Waals surface area (Å²) in [6.07, 6.45) is 28.9. The third-order valence-corrected chi connectivity index (χ3v) is 16.3. The summed E-state index contributed by atoms with van der Waals surface area (Å²) in [7, 11) is 0. The Morgan fingerprint density at radius 2 is 1.47 bits per heavy atom. The number of carbonyl (C=O) groups excluding carboxylic acids is 3. The van der Waals surface area contributed by atoms with E-state index in [-0.39, 0.29) is 61.2 Å².